The first-order valence-electron chi connectivity index (χ1n) is 7.57. The SMILES string of the molecule is O=C(c1cccnc1)n1cc2c(n1)C1=C(CCCC1)CC2. The Hall–Kier alpha value is -2.23. The molecular weight excluding hydrogens is 262 g/mol. The molecule has 0 bridgehead atoms. The fourth-order valence-electron chi connectivity index (χ4n) is 3.39. The molecule has 0 saturated carbocycles. The molecule has 0 unspecified atom stereocenters. The zero-order valence-electron chi connectivity index (χ0n) is 11.9. The van der Waals surface area contributed by atoms with Crippen LogP contribution in [0.2, 0.25) is 0 Å². The second-order valence-electron chi connectivity index (χ2n) is 5.78. The molecule has 0 radical (unpaired) electrons. The summed E-state index contributed by atoms with van der Waals surface area (Å²) < 4.78 is 1.49. The number of hydrogen-bond acceptors (Lipinski definition) is 3. The number of rotatable bonds is 1. The summed E-state index contributed by atoms with van der Waals surface area (Å²) in [5.41, 5.74) is 5.82. The molecule has 21 heavy (non-hydrogen) atoms. The Labute approximate surface area is 123 Å². The van der Waals surface area contributed by atoms with Crippen molar-refractivity contribution in [2.45, 2.75) is 38.5 Å². The van der Waals surface area contributed by atoms with Gasteiger partial charge in [0.05, 0.1) is 11.3 Å². The minimum Gasteiger partial charge on any atom is -0.267 e. The highest BCUT2D eigenvalue weighted by atomic mass is 16.2. The van der Waals surface area contributed by atoms with Crippen LogP contribution in [0.3, 0.4) is 0 Å². The van der Waals surface area contributed by atoms with Gasteiger partial charge in [0, 0.05) is 18.6 Å². The van der Waals surface area contributed by atoms with Crippen molar-refractivity contribution in [1.82, 2.24) is 14.8 Å². The lowest BCUT2D eigenvalue weighted by molar-refractivity contribution is 0.0944. The molecule has 0 aliphatic heterocycles. The van der Waals surface area contributed by atoms with E-state index in [4.69, 9.17) is 0 Å². The topological polar surface area (TPSA) is 47.8 Å². The molecule has 2 heterocycles. The summed E-state index contributed by atoms with van der Waals surface area (Å²) in [5.74, 6) is -0.101. The summed E-state index contributed by atoms with van der Waals surface area (Å²) in [6.45, 7) is 0. The second-order valence-corrected chi connectivity index (χ2v) is 5.78. The average molecular weight is 279 g/mol. The van der Waals surface area contributed by atoms with Crippen LogP contribution >= 0.6 is 0 Å². The Kier molecular flexibility index (Phi) is 2.95. The molecule has 0 atom stereocenters. The van der Waals surface area contributed by atoms with Crippen LogP contribution in [0.5, 0.6) is 0 Å². The third kappa shape index (κ3) is 2.11. The summed E-state index contributed by atoms with van der Waals surface area (Å²) in [5, 5.41) is 4.59. The highest BCUT2D eigenvalue weighted by Gasteiger charge is 2.25. The van der Waals surface area contributed by atoms with E-state index >= 15 is 0 Å². The standard InChI is InChI=1S/C17H17N3O/c21-17(13-5-3-9-18-10-13)20-11-14-8-7-12-4-1-2-6-15(12)16(14)19-20/h3,5,9-11H,1-2,4,6-8H2. The van der Waals surface area contributed by atoms with Crippen LogP contribution in [-0.4, -0.2) is 20.7 Å². The van der Waals surface area contributed by atoms with Gasteiger partial charge in [-0.1, -0.05) is 5.57 Å². The molecule has 0 amide bonds. The molecular formula is C17H17N3O. The minimum absolute atomic E-state index is 0.101. The largest absolute Gasteiger partial charge is 0.279 e. The fourth-order valence-corrected chi connectivity index (χ4v) is 3.39. The number of aryl methyl sites for hydroxylation is 1. The van der Waals surface area contributed by atoms with Crippen molar-refractivity contribution in [3.8, 4) is 0 Å². The Bertz CT molecular complexity index is 728. The van der Waals surface area contributed by atoms with Crippen molar-refractivity contribution in [2.24, 2.45) is 0 Å². The van der Waals surface area contributed by atoms with Crippen molar-refractivity contribution in [3.05, 3.63) is 53.1 Å². The fraction of sp³-hybridized carbons (Fsp3) is 0.353. The first-order valence-corrected chi connectivity index (χ1v) is 7.57. The Balaban J connectivity index is 1.73. The van der Waals surface area contributed by atoms with E-state index in [1.54, 1.807) is 30.1 Å². The number of allylic oxidation sites excluding steroid dienone is 2. The Morgan fingerprint density at radius 2 is 2.05 bits per heavy atom. The van der Waals surface area contributed by atoms with Gasteiger partial charge in [-0.3, -0.25) is 9.78 Å². The van der Waals surface area contributed by atoms with E-state index in [0.29, 0.717) is 5.56 Å². The van der Waals surface area contributed by atoms with E-state index in [2.05, 4.69) is 10.1 Å². The van der Waals surface area contributed by atoms with Crippen molar-refractivity contribution in [2.75, 3.05) is 0 Å². The third-order valence-corrected chi connectivity index (χ3v) is 4.47. The van der Waals surface area contributed by atoms with Gasteiger partial charge in [-0.15, -0.1) is 0 Å². The van der Waals surface area contributed by atoms with Gasteiger partial charge in [-0.25, -0.2) is 4.68 Å². The average Bonchev–Trinajstić information content (AvgIpc) is 2.99. The molecule has 2 aromatic heterocycles. The predicted octanol–water partition coefficient (Wildman–Crippen LogP) is 3.24. The molecule has 2 aliphatic carbocycles. The summed E-state index contributed by atoms with van der Waals surface area (Å²) in [4.78, 5) is 16.5. The maximum absolute atomic E-state index is 12.5. The van der Waals surface area contributed by atoms with E-state index in [1.807, 2.05) is 6.20 Å². The van der Waals surface area contributed by atoms with Crippen LogP contribution in [0.15, 0.2) is 36.3 Å². The van der Waals surface area contributed by atoms with Crippen molar-refractivity contribution >= 4 is 11.5 Å². The molecule has 4 rings (SSSR count). The molecule has 0 saturated heterocycles. The Morgan fingerprint density at radius 1 is 1.14 bits per heavy atom. The van der Waals surface area contributed by atoms with Gasteiger partial charge >= 0.3 is 0 Å². The van der Waals surface area contributed by atoms with E-state index in [1.165, 1.54) is 35.1 Å². The molecule has 0 fully saturated rings. The maximum Gasteiger partial charge on any atom is 0.279 e. The number of nitrogens with zero attached hydrogens (tertiary/aromatic N) is 3. The molecule has 4 heteroatoms. The van der Waals surface area contributed by atoms with Gasteiger partial charge in [-0.05, 0) is 61.8 Å². The molecule has 0 aromatic carbocycles. The molecule has 2 aliphatic rings. The molecule has 106 valence electrons. The lowest BCUT2D eigenvalue weighted by Gasteiger charge is -2.23. The number of hydrogen-bond donors (Lipinski definition) is 0. The highest BCUT2D eigenvalue weighted by Crippen LogP contribution is 2.39. The molecule has 0 spiro atoms. The van der Waals surface area contributed by atoms with Crippen molar-refractivity contribution in [3.63, 3.8) is 0 Å². The molecule has 4 nitrogen and oxygen atoms in total. The zero-order valence-corrected chi connectivity index (χ0v) is 11.9. The van der Waals surface area contributed by atoms with Crippen LogP contribution < -0.4 is 0 Å². The Morgan fingerprint density at radius 3 is 2.90 bits per heavy atom. The summed E-state index contributed by atoms with van der Waals surface area (Å²) in [6.07, 6.45) is 12.2. The monoisotopic (exact) mass is 279 g/mol. The molecule has 2 aromatic rings. The first kappa shape index (κ1) is 12.5. The molecule has 0 N–H and O–H groups in total. The van der Waals surface area contributed by atoms with E-state index in [-0.39, 0.29) is 5.91 Å². The zero-order chi connectivity index (χ0) is 14.2. The van der Waals surface area contributed by atoms with E-state index < -0.39 is 0 Å². The smallest absolute Gasteiger partial charge is 0.267 e. The third-order valence-electron chi connectivity index (χ3n) is 4.47. The maximum atomic E-state index is 12.5. The van der Waals surface area contributed by atoms with Crippen LogP contribution in [0, 0.1) is 0 Å². The lowest BCUT2D eigenvalue weighted by Crippen LogP contribution is -2.13. The summed E-state index contributed by atoms with van der Waals surface area (Å²) in [7, 11) is 0. The second kappa shape index (κ2) is 4.95. The summed E-state index contributed by atoms with van der Waals surface area (Å²) in [6, 6.07) is 3.56. The van der Waals surface area contributed by atoms with E-state index in [0.717, 1.165) is 25.0 Å². The van der Waals surface area contributed by atoms with Crippen LogP contribution in [-0.2, 0) is 6.42 Å². The minimum atomic E-state index is -0.101. The summed E-state index contributed by atoms with van der Waals surface area (Å²) >= 11 is 0. The number of carbonyl (C=O) groups excluding carboxylic acids is 1. The predicted molar refractivity (Wildman–Crippen MR) is 79.9 cm³/mol. The quantitative estimate of drug-likeness (QED) is 0.805. The van der Waals surface area contributed by atoms with Gasteiger partial charge < -0.3 is 0 Å². The normalized spacial score (nSPS) is 17.3. The van der Waals surface area contributed by atoms with Gasteiger partial charge in [0.15, 0.2) is 0 Å². The van der Waals surface area contributed by atoms with Crippen LogP contribution in [0.4, 0.5) is 0 Å². The van der Waals surface area contributed by atoms with Gasteiger partial charge in [0.25, 0.3) is 5.91 Å². The van der Waals surface area contributed by atoms with Crippen LogP contribution in [0.1, 0.15) is 53.7 Å². The number of pyridine rings is 1. The number of aromatic nitrogens is 3. The lowest BCUT2D eigenvalue weighted by atomic mass is 9.82. The first-order chi connectivity index (χ1) is 10.3. The van der Waals surface area contributed by atoms with Crippen LogP contribution in [0.25, 0.3) is 5.57 Å². The van der Waals surface area contributed by atoms with Crippen molar-refractivity contribution in [1.29, 1.82) is 0 Å². The number of fused-ring (bicyclic) bond motifs is 2. The van der Waals surface area contributed by atoms with E-state index in [9.17, 15) is 4.79 Å². The van der Waals surface area contributed by atoms with Crippen molar-refractivity contribution < 1.29 is 4.79 Å². The van der Waals surface area contributed by atoms with Gasteiger partial charge in [0.1, 0.15) is 0 Å². The van der Waals surface area contributed by atoms with Gasteiger partial charge in [0.2, 0.25) is 0 Å². The highest BCUT2D eigenvalue weighted by molar-refractivity contribution is 5.95. The van der Waals surface area contributed by atoms with Gasteiger partial charge in [-0.2, -0.15) is 5.10 Å². The number of carbonyl (C=O) groups is 1.